The highest BCUT2D eigenvalue weighted by atomic mass is 79.9. The van der Waals surface area contributed by atoms with Crippen molar-refractivity contribution in [1.29, 1.82) is 0 Å². The van der Waals surface area contributed by atoms with Crippen LogP contribution in [0.4, 0.5) is 0 Å². The molecule has 0 aliphatic rings. The van der Waals surface area contributed by atoms with Crippen molar-refractivity contribution in [3.05, 3.63) is 11.6 Å². The number of rotatable bonds is 6. The van der Waals surface area contributed by atoms with E-state index in [4.69, 9.17) is 34.8 Å². The van der Waals surface area contributed by atoms with Gasteiger partial charge in [-0.05, 0) is 33.1 Å². The lowest BCUT2D eigenvalue weighted by Crippen LogP contribution is -2.24. The third-order valence-electron chi connectivity index (χ3n) is 2.04. The maximum atomic E-state index is 6.27. The Morgan fingerprint density at radius 1 is 1.29 bits per heavy atom. The molecule has 0 fully saturated rings. The van der Waals surface area contributed by atoms with Crippen LogP contribution in [-0.4, -0.2) is 15.1 Å². The predicted molar refractivity (Wildman–Crippen MR) is 71.2 cm³/mol. The number of halogens is 4. The summed E-state index contributed by atoms with van der Waals surface area (Å²) < 4.78 is 0. The van der Waals surface area contributed by atoms with Gasteiger partial charge in [0.15, 0.2) is 0 Å². The third kappa shape index (κ3) is 5.85. The second-order valence-electron chi connectivity index (χ2n) is 4.08. The van der Waals surface area contributed by atoms with Gasteiger partial charge >= 0.3 is 0 Å². The van der Waals surface area contributed by atoms with Gasteiger partial charge in [0.05, 0.1) is 4.87 Å². The molecule has 0 saturated heterocycles. The molecule has 0 unspecified atom stereocenters. The molecule has 0 radical (unpaired) electrons. The summed E-state index contributed by atoms with van der Waals surface area (Å²) >= 11 is 21.5. The topological polar surface area (TPSA) is 0 Å². The van der Waals surface area contributed by atoms with Gasteiger partial charge in [0.25, 0.3) is 0 Å². The lowest BCUT2D eigenvalue weighted by atomic mass is 9.98. The van der Waals surface area contributed by atoms with Gasteiger partial charge in [-0.3, -0.25) is 0 Å². The minimum atomic E-state index is -0.538. The van der Waals surface area contributed by atoms with Crippen LogP contribution in [0.25, 0.3) is 0 Å². The molecule has 0 nitrogen and oxygen atoms in total. The van der Waals surface area contributed by atoms with Crippen LogP contribution in [0.1, 0.15) is 33.1 Å². The number of allylic oxidation sites excluding steroid dienone is 1. The van der Waals surface area contributed by atoms with Crippen molar-refractivity contribution in [3.63, 3.8) is 0 Å². The maximum Gasteiger partial charge on any atom is 0.0891 e. The van der Waals surface area contributed by atoms with Gasteiger partial charge in [0.2, 0.25) is 0 Å². The second kappa shape index (κ2) is 5.98. The van der Waals surface area contributed by atoms with Crippen molar-refractivity contribution in [1.82, 2.24) is 0 Å². The van der Waals surface area contributed by atoms with Gasteiger partial charge in [0.1, 0.15) is 0 Å². The Bertz CT molecular complexity index is 198. The highest BCUT2D eigenvalue weighted by Gasteiger charge is 2.29. The average Bonchev–Trinajstić information content (AvgIpc) is 2.01. The van der Waals surface area contributed by atoms with Gasteiger partial charge in [-0.1, -0.05) is 34.1 Å². The largest absolute Gasteiger partial charge is 0.120 e. The molecule has 0 amide bonds. The van der Waals surface area contributed by atoms with Gasteiger partial charge < -0.3 is 0 Å². The fraction of sp³-hybridized carbons (Fsp3) is 0.800. The van der Waals surface area contributed by atoms with E-state index < -0.39 is 4.87 Å². The molecule has 4 heteroatoms. The zero-order valence-corrected chi connectivity index (χ0v) is 12.4. The van der Waals surface area contributed by atoms with E-state index >= 15 is 0 Å². The summed E-state index contributed by atoms with van der Waals surface area (Å²) in [5.74, 6) is 0. The molecular weight excluding hydrogens is 306 g/mol. The first-order valence-corrected chi connectivity index (χ1v) is 6.75. The quantitative estimate of drug-likeness (QED) is 0.582. The first-order valence-electron chi connectivity index (χ1n) is 4.50. The molecule has 0 N–H and O–H groups in total. The summed E-state index contributed by atoms with van der Waals surface area (Å²) in [6, 6.07) is 0. The Morgan fingerprint density at radius 2 is 1.79 bits per heavy atom. The van der Waals surface area contributed by atoms with Crippen molar-refractivity contribution in [3.8, 4) is 0 Å². The minimum absolute atomic E-state index is 0.169. The zero-order chi connectivity index (χ0) is 11.4. The van der Waals surface area contributed by atoms with E-state index in [1.165, 1.54) is 0 Å². The Labute approximate surface area is 110 Å². The SMILES string of the molecule is C=C(Cl)[C@](Cl)(CBr)CCCC(C)(C)Cl. The van der Waals surface area contributed by atoms with Crippen LogP contribution in [0.3, 0.4) is 0 Å². The lowest BCUT2D eigenvalue weighted by molar-refractivity contribution is 0.539. The molecule has 0 aliphatic heterocycles. The smallest absolute Gasteiger partial charge is 0.0891 e. The first-order chi connectivity index (χ1) is 6.21. The average molecular weight is 323 g/mol. The summed E-state index contributed by atoms with van der Waals surface area (Å²) in [5, 5.41) is 1.11. The highest BCUT2D eigenvalue weighted by molar-refractivity contribution is 9.09. The van der Waals surface area contributed by atoms with E-state index in [9.17, 15) is 0 Å². The van der Waals surface area contributed by atoms with Crippen molar-refractivity contribution in [2.45, 2.75) is 42.9 Å². The van der Waals surface area contributed by atoms with E-state index in [0.29, 0.717) is 10.4 Å². The Kier molecular flexibility index (Phi) is 6.45. The molecule has 0 aromatic carbocycles. The number of alkyl halides is 3. The predicted octanol–water partition coefficient (Wildman–Crippen LogP) is 5.30. The van der Waals surface area contributed by atoms with Crippen molar-refractivity contribution >= 4 is 50.7 Å². The Hall–Kier alpha value is 1.09. The van der Waals surface area contributed by atoms with Crippen LogP contribution < -0.4 is 0 Å². The Morgan fingerprint density at radius 3 is 2.07 bits per heavy atom. The van der Waals surface area contributed by atoms with Crippen molar-refractivity contribution in [2.24, 2.45) is 0 Å². The van der Waals surface area contributed by atoms with E-state index in [0.717, 1.165) is 19.3 Å². The number of hydrogen-bond donors (Lipinski definition) is 0. The van der Waals surface area contributed by atoms with Crippen molar-refractivity contribution < 1.29 is 0 Å². The van der Waals surface area contributed by atoms with E-state index in [1.54, 1.807) is 0 Å². The molecule has 84 valence electrons. The van der Waals surface area contributed by atoms with Crippen LogP contribution in [0.2, 0.25) is 0 Å². The molecular formula is C10H16BrCl3. The minimum Gasteiger partial charge on any atom is -0.120 e. The van der Waals surface area contributed by atoms with E-state index in [2.05, 4.69) is 22.5 Å². The second-order valence-corrected chi connectivity index (χ2v) is 6.84. The van der Waals surface area contributed by atoms with Gasteiger partial charge in [0, 0.05) is 15.2 Å². The lowest BCUT2D eigenvalue weighted by Gasteiger charge is -2.25. The van der Waals surface area contributed by atoms with E-state index in [1.807, 2.05) is 13.8 Å². The van der Waals surface area contributed by atoms with Gasteiger partial charge in [-0.25, -0.2) is 0 Å². The van der Waals surface area contributed by atoms with Crippen LogP contribution in [0.5, 0.6) is 0 Å². The molecule has 1 atom stereocenters. The van der Waals surface area contributed by atoms with E-state index in [-0.39, 0.29) is 4.87 Å². The molecule has 0 spiro atoms. The fourth-order valence-corrected chi connectivity index (χ4v) is 2.27. The maximum absolute atomic E-state index is 6.27. The summed E-state index contributed by atoms with van der Waals surface area (Å²) in [7, 11) is 0. The molecule has 0 bridgehead atoms. The van der Waals surface area contributed by atoms with Crippen LogP contribution in [0.15, 0.2) is 11.6 Å². The third-order valence-corrected chi connectivity index (χ3v) is 4.52. The highest BCUT2D eigenvalue weighted by Crippen LogP contribution is 2.35. The molecule has 0 aromatic rings. The molecule has 14 heavy (non-hydrogen) atoms. The summed E-state index contributed by atoms with van der Waals surface area (Å²) in [6.45, 7) is 7.67. The van der Waals surface area contributed by atoms with Crippen LogP contribution in [0, 0.1) is 0 Å². The van der Waals surface area contributed by atoms with Crippen molar-refractivity contribution in [2.75, 3.05) is 5.33 Å². The monoisotopic (exact) mass is 320 g/mol. The number of hydrogen-bond acceptors (Lipinski definition) is 0. The molecule has 0 rings (SSSR count). The zero-order valence-electron chi connectivity index (χ0n) is 8.55. The van der Waals surface area contributed by atoms with Crippen LogP contribution >= 0.6 is 50.7 Å². The molecule has 0 aliphatic carbocycles. The van der Waals surface area contributed by atoms with Crippen LogP contribution in [-0.2, 0) is 0 Å². The van der Waals surface area contributed by atoms with Gasteiger partial charge in [-0.2, -0.15) is 0 Å². The summed E-state index contributed by atoms with van der Waals surface area (Å²) in [6.07, 6.45) is 2.65. The first kappa shape index (κ1) is 15.1. The molecule has 0 aromatic heterocycles. The molecule has 0 saturated carbocycles. The fourth-order valence-electron chi connectivity index (χ4n) is 1.06. The normalized spacial score (nSPS) is 16.4. The standard InChI is InChI=1S/C10H16BrCl3/c1-8(12)10(14,7-11)6-4-5-9(2,3)13/h1,4-7H2,2-3H3/t10-/m1/s1. The Balaban J connectivity index is 4.04. The van der Waals surface area contributed by atoms with Gasteiger partial charge in [-0.15, -0.1) is 23.2 Å². The summed E-state index contributed by atoms with van der Waals surface area (Å²) in [5.41, 5.74) is 0. The summed E-state index contributed by atoms with van der Waals surface area (Å²) in [4.78, 5) is -0.707. The molecule has 0 heterocycles.